The molecular formula is C13H19N5O2. The minimum Gasteiger partial charge on any atom is -0.445 e. The van der Waals surface area contributed by atoms with E-state index in [1.165, 1.54) is 0 Å². The molecule has 0 spiro atoms. The highest BCUT2D eigenvalue weighted by atomic mass is 16.5. The molecule has 0 saturated carbocycles. The quantitative estimate of drug-likeness (QED) is 0.905. The average Bonchev–Trinajstić information content (AvgIpc) is 3.08. The second-order valence-electron chi connectivity index (χ2n) is 4.95. The van der Waals surface area contributed by atoms with Gasteiger partial charge in [0.15, 0.2) is 5.82 Å². The van der Waals surface area contributed by atoms with Gasteiger partial charge in [-0.2, -0.15) is 5.10 Å². The molecule has 1 saturated heterocycles. The Kier molecular flexibility index (Phi) is 3.79. The van der Waals surface area contributed by atoms with Crippen molar-refractivity contribution in [3.8, 4) is 0 Å². The predicted octanol–water partition coefficient (Wildman–Crippen LogP) is 1.24. The van der Waals surface area contributed by atoms with Crippen LogP contribution in [0.1, 0.15) is 36.3 Å². The van der Waals surface area contributed by atoms with Crippen LogP contribution in [0, 0.1) is 6.92 Å². The smallest absolute Gasteiger partial charge is 0.208 e. The Morgan fingerprint density at radius 2 is 2.40 bits per heavy atom. The molecule has 1 fully saturated rings. The van der Waals surface area contributed by atoms with Crippen molar-refractivity contribution >= 4 is 0 Å². The standard InChI is InChI=1S/C13H19N5O2/c1-3-11-15-13(17-16-11)10-7-18(4-5-19-10)8-12-14-6-9(2)20-12/h6,10H,3-5,7-8H2,1-2H3,(H,15,16,17)/t10-/m1/s1. The van der Waals surface area contributed by atoms with Gasteiger partial charge >= 0.3 is 0 Å². The molecule has 0 unspecified atom stereocenters. The zero-order chi connectivity index (χ0) is 13.9. The lowest BCUT2D eigenvalue weighted by Crippen LogP contribution is -2.38. The van der Waals surface area contributed by atoms with E-state index in [0.29, 0.717) is 13.2 Å². The summed E-state index contributed by atoms with van der Waals surface area (Å²) in [5, 5.41) is 7.16. The van der Waals surface area contributed by atoms with E-state index in [1.807, 2.05) is 13.8 Å². The van der Waals surface area contributed by atoms with Crippen molar-refractivity contribution in [2.45, 2.75) is 32.9 Å². The zero-order valence-corrected chi connectivity index (χ0v) is 11.8. The highest BCUT2D eigenvalue weighted by Gasteiger charge is 2.26. The maximum absolute atomic E-state index is 5.76. The van der Waals surface area contributed by atoms with Crippen LogP contribution in [0.5, 0.6) is 0 Å². The number of hydrogen-bond acceptors (Lipinski definition) is 6. The molecule has 7 heteroatoms. The van der Waals surface area contributed by atoms with Crippen molar-refractivity contribution in [3.05, 3.63) is 29.5 Å². The van der Waals surface area contributed by atoms with Crippen LogP contribution in [0.25, 0.3) is 0 Å². The van der Waals surface area contributed by atoms with E-state index in [0.717, 1.165) is 42.8 Å². The first-order valence-corrected chi connectivity index (χ1v) is 6.91. The number of hydrogen-bond donors (Lipinski definition) is 1. The van der Waals surface area contributed by atoms with Gasteiger partial charge in [-0.1, -0.05) is 6.92 Å². The molecule has 20 heavy (non-hydrogen) atoms. The van der Waals surface area contributed by atoms with Crippen molar-refractivity contribution in [1.82, 2.24) is 25.1 Å². The van der Waals surface area contributed by atoms with Gasteiger partial charge in [-0.25, -0.2) is 9.97 Å². The van der Waals surface area contributed by atoms with Crippen molar-refractivity contribution in [1.29, 1.82) is 0 Å². The molecule has 7 nitrogen and oxygen atoms in total. The lowest BCUT2D eigenvalue weighted by molar-refractivity contribution is -0.0392. The summed E-state index contributed by atoms with van der Waals surface area (Å²) >= 11 is 0. The summed E-state index contributed by atoms with van der Waals surface area (Å²) in [5.74, 6) is 3.21. The summed E-state index contributed by atoms with van der Waals surface area (Å²) in [6.07, 6.45) is 2.51. The van der Waals surface area contributed by atoms with E-state index >= 15 is 0 Å². The Hall–Kier alpha value is -1.73. The minimum atomic E-state index is -0.0867. The van der Waals surface area contributed by atoms with Gasteiger partial charge in [-0.05, 0) is 6.92 Å². The van der Waals surface area contributed by atoms with Gasteiger partial charge in [0.2, 0.25) is 5.89 Å². The van der Waals surface area contributed by atoms with E-state index in [2.05, 4.69) is 25.1 Å². The number of H-pyrrole nitrogens is 1. The van der Waals surface area contributed by atoms with Gasteiger partial charge in [-0.15, -0.1) is 0 Å². The van der Waals surface area contributed by atoms with E-state index in [9.17, 15) is 0 Å². The fourth-order valence-electron chi connectivity index (χ4n) is 2.28. The number of rotatable bonds is 4. The Labute approximate surface area is 117 Å². The van der Waals surface area contributed by atoms with Crippen molar-refractivity contribution in [3.63, 3.8) is 0 Å². The first-order chi connectivity index (χ1) is 9.74. The van der Waals surface area contributed by atoms with Crippen LogP contribution >= 0.6 is 0 Å². The van der Waals surface area contributed by atoms with Crippen LogP contribution in [0.3, 0.4) is 0 Å². The summed E-state index contributed by atoms with van der Waals surface area (Å²) < 4.78 is 11.3. The number of aromatic amines is 1. The molecule has 3 heterocycles. The van der Waals surface area contributed by atoms with Gasteiger partial charge < -0.3 is 9.15 Å². The number of morpholine rings is 1. The van der Waals surface area contributed by atoms with Crippen LogP contribution < -0.4 is 0 Å². The third kappa shape index (κ3) is 2.88. The van der Waals surface area contributed by atoms with Crippen LogP contribution in [-0.4, -0.2) is 44.8 Å². The maximum Gasteiger partial charge on any atom is 0.208 e. The van der Waals surface area contributed by atoms with E-state index < -0.39 is 0 Å². The monoisotopic (exact) mass is 277 g/mol. The van der Waals surface area contributed by atoms with Crippen molar-refractivity contribution in [2.24, 2.45) is 0 Å². The molecular weight excluding hydrogens is 258 g/mol. The number of oxazole rings is 1. The highest BCUT2D eigenvalue weighted by molar-refractivity contribution is 4.97. The molecule has 3 rings (SSSR count). The summed E-state index contributed by atoms with van der Waals surface area (Å²) in [6, 6.07) is 0. The lowest BCUT2D eigenvalue weighted by atomic mass is 10.2. The fraction of sp³-hybridized carbons (Fsp3) is 0.615. The van der Waals surface area contributed by atoms with Gasteiger partial charge in [0, 0.05) is 19.5 Å². The number of nitrogens with one attached hydrogen (secondary N) is 1. The first kappa shape index (κ1) is 13.3. The van der Waals surface area contributed by atoms with Gasteiger partial charge in [0.05, 0.1) is 19.3 Å². The SMILES string of the molecule is CCc1nc([C@H]2CN(Cc3ncc(C)o3)CCO2)n[nH]1. The Balaban J connectivity index is 1.64. The molecule has 0 radical (unpaired) electrons. The van der Waals surface area contributed by atoms with E-state index in [-0.39, 0.29) is 6.10 Å². The molecule has 108 valence electrons. The van der Waals surface area contributed by atoms with E-state index in [1.54, 1.807) is 6.20 Å². The van der Waals surface area contributed by atoms with Gasteiger partial charge in [-0.3, -0.25) is 10.00 Å². The second kappa shape index (κ2) is 5.72. The van der Waals surface area contributed by atoms with Gasteiger partial charge in [0.1, 0.15) is 17.7 Å². The summed E-state index contributed by atoms with van der Waals surface area (Å²) in [6.45, 7) is 6.92. The molecule has 0 aromatic carbocycles. The summed E-state index contributed by atoms with van der Waals surface area (Å²) in [7, 11) is 0. The molecule has 0 aliphatic carbocycles. The molecule has 2 aromatic heterocycles. The summed E-state index contributed by atoms with van der Waals surface area (Å²) in [5.41, 5.74) is 0. The van der Waals surface area contributed by atoms with Crippen LogP contribution in [0.15, 0.2) is 10.6 Å². The minimum absolute atomic E-state index is 0.0867. The topological polar surface area (TPSA) is 80.1 Å². The number of aryl methyl sites for hydroxylation is 2. The molecule has 1 atom stereocenters. The fourth-order valence-corrected chi connectivity index (χ4v) is 2.28. The average molecular weight is 277 g/mol. The van der Waals surface area contributed by atoms with E-state index in [4.69, 9.17) is 9.15 Å². The Morgan fingerprint density at radius 3 is 3.10 bits per heavy atom. The second-order valence-corrected chi connectivity index (χ2v) is 4.95. The highest BCUT2D eigenvalue weighted by Crippen LogP contribution is 2.20. The van der Waals surface area contributed by atoms with Gasteiger partial charge in [0.25, 0.3) is 0 Å². The first-order valence-electron chi connectivity index (χ1n) is 6.91. The molecule has 0 bridgehead atoms. The number of nitrogens with zero attached hydrogens (tertiary/aromatic N) is 4. The maximum atomic E-state index is 5.76. The van der Waals surface area contributed by atoms with Crippen molar-refractivity contribution in [2.75, 3.05) is 19.7 Å². The third-order valence-corrected chi connectivity index (χ3v) is 3.35. The Bertz CT molecular complexity index is 565. The van der Waals surface area contributed by atoms with Crippen LogP contribution in [0.4, 0.5) is 0 Å². The molecule has 1 aliphatic rings. The summed E-state index contributed by atoms with van der Waals surface area (Å²) in [4.78, 5) is 10.9. The van der Waals surface area contributed by atoms with Crippen molar-refractivity contribution < 1.29 is 9.15 Å². The third-order valence-electron chi connectivity index (χ3n) is 3.35. The van der Waals surface area contributed by atoms with Crippen LogP contribution in [0.2, 0.25) is 0 Å². The Morgan fingerprint density at radius 1 is 1.50 bits per heavy atom. The number of aromatic nitrogens is 4. The molecule has 1 N–H and O–H groups in total. The largest absolute Gasteiger partial charge is 0.445 e. The lowest BCUT2D eigenvalue weighted by Gasteiger charge is -2.30. The molecule has 2 aromatic rings. The number of ether oxygens (including phenoxy) is 1. The molecule has 0 amide bonds. The predicted molar refractivity (Wildman–Crippen MR) is 71.0 cm³/mol. The van der Waals surface area contributed by atoms with Crippen LogP contribution in [-0.2, 0) is 17.7 Å². The normalized spacial score (nSPS) is 20.4. The molecule has 1 aliphatic heterocycles. The zero-order valence-electron chi connectivity index (χ0n) is 11.8.